The van der Waals surface area contributed by atoms with E-state index in [0.717, 1.165) is 19.4 Å². The average Bonchev–Trinajstić information content (AvgIpc) is 2.47. The first-order chi connectivity index (χ1) is 6.54. The molecule has 4 heteroatoms. The lowest BCUT2D eigenvalue weighted by molar-refractivity contribution is -0.149. The molecule has 2 fully saturated rings. The summed E-state index contributed by atoms with van der Waals surface area (Å²) in [5.74, 6) is 0.244. The van der Waals surface area contributed by atoms with Gasteiger partial charge in [-0.05, 0) is 37.5 Å². The number of alkyl halides is 3. The molecule has 1 aliphatic carbocycles. The van der Waals surface area contributed by atoms with Crippen molar-refractivity contribution in [2.45, 2.75) is 44.4 Å². The van der Waals surface area contributed by atoms with Gasteiger partial charge < -0.3 is 4.74 Å². The molecular formula is C10H15F3O. The van der Waals surface area contributed by atoms with Crippen molar-refractivity contribution in [3.05, 3.63) is 0 Å². The van der Waals surface area contributed by atoms with Gasteiger partial charge in [-0.2, -0.15) is 13.2 Å². The van der Waals surface area contributed by atoms with E-state index >= 15 is 0 Å². The number of hydrogen-bond acceptors (Lipinski definition) is 1. The lowest BCUT2D eigenvalue weighted by Crippen LogP contribution is -2.28. The number of fused-ring (bicyclic) bond motifs is 1. The molecule has 0 spiro atoms. The summed E-state index contributed by atoms with van der Waals surface area (Å²) in [5, 5.41) is 0. The molecule has 1 saturated heterocycles. The summed E-state index contributed by atoms with van der Waals surface area (Å²) >= 11 is 0. The first-order valence-electron chi connectivity index (χ1n) is 5.23. The van der Waals surface area contributed by atoms with Crippen LogP contribution in [0.1, 0.15) is 32.1 Å². The maximum Gasteiger partial charge on any atom is 0.389 e. The molecule has 2 aliphatic rings. The van der Waals surface area contributed by atoms with E-state index in [1.165, 1.54) is 0 Å². The summed E-state index contributed by atoms with van der Waals surface area (Å²) in [5.41, 5.74) is 0. The van der Waals surface area contributed by atoms with E-state index < -0.39 is 12.6 Å². The predicted molar refractivity (Wildman–Crippen MR) is 45.9 cm³/mol. The second-order valence-corrected chi connectivity index (χ2v) is 4.46. The van der Waals surface area contributed by atoms with Crippen molar-refractivity contribution >= 4 is 0 Å². The Hall–Kier alpha value is -0.250. The molecule has 2 rings (SSSR count). The van der Waals surface area contributed by atoms with Gasteiger partial charge in [-0.1, -0.05) is 0 Å². The molecule has 0 unspecified atom stereocenters. The van der Waals surface area contributed by atoms with E-state index in [4.69, 9.17) is 4.74 Å². The van der Waals surface area contributed by atoms with E-state index in [-0.39, 0.29) is 12.0 Å². The van der Waals surface area contributed by atoms with Crippen molar-refractivity contribution in [2.24, 2.45) is 11.8 Å². The lowest BCUT2D eigenvalue weighted by Gasteiger charge is -2.31. The third-order valence-corrected chi connectivity index (χ3v) is 3.36. The second-order valence-electron chi connectivity index (χ2n) is 4.46. The minimum atomic E-state index is -3.99. The van der Waals surface area contributed by atoms with E-state index in [2.05, 4.69) is 0 Å². The summed E-state index contributed by atoms with van der Waals surface area (Å²) in [7, 11) is 0. The van der Waals surface area contributed by atoms with E-state index in [9.17, 15) is 13.2 Å². The van der Waals surface area contributed by atoms with Crippen LogP contribution in [0.4, 0.5) is 13.2 Å². The van der Waals surface area contributed by atoms with Crippen LogP contribution in [0, 0.1) is 11.8 Å². The molecule has 82 valence electrons. The van der Waals surface area contributed by atoms with E-state index in [1.54, 1.807) is 0 Å². The maximum atomic E-state index is 12.2. The van der Waals surface area contributed by atoms with Gasteiger partial charge in [0, 0.05) is 13.0 Å². The van der Waals surface area contributed by atoms with Gasteiger partial charge in [0.1, 0.15) is 0 Å². The zero-order valence-electron chi connectivity index (χ0n) is 8.02. The number of hydrogen-bond donors (Lipinski definition) is 0. The van der Waals surface area contributed by atoms with Crippen molar-refractivity contribution in [3.63, 3.8) is 0 Å². The highest BCUT2D eigenvalue weighted by Crippen LogP contribution is 2.41. The highest BCUT2D eigenvalue weighted by Gasteiger charge is 2.39. The minimum Gasteiger partial charge on any atom is -0.378 e. The molecule has 0 aromatic rings. The van der Waals surface area contributed by atoms with Crippen LogP contribution in [-0.2, 0) is 4.74 Å². The Morgan fingerprint density at radius 3 is 2.64 bits per heavy atom. The summed E-state index contributed by atoms with van der Waals surface area (Å²) < 4.78 is 41.9. The van der Waals surface area contributed by atoms with Crippen LogP contribution in [0.3, 0.4) is 0 Å². The number of ether oxygens (including phenoxy) is 1. The summed E-state index contributed by atoms with van der Waals surface area (Å²) in [6, 6.07) is 0. The Bertz CT molecular complexity index is 202. The molecule has 1 heterocycles. The average molecular weight is 208 g/mol. The Labute approximate surface area is 81.6 Å². The monoisotopic (exact) mass is 208 g/mol. The molecule has 0 radical (unpaired) electrons. The molecule has 0 aromatic heterocycles. The quantitative estimate of drug-likeness (QED) is 0.643. The Balaban J connectivity index is 1.85. The second kappa shape index (κ2) is 3.72. The van der Waals surface area contributed by atoms with Crippen LogP contribution in [0.25, 0.3) is 0 Å². The summed E-state index contributed by atoms with van der Waals surface area (Å²) in [6.07, 6.45) is -1.15. The van der Waals surface area contributed by atoms with Gasteiger partial charge in [-0.25, -0.2) is 0 Å². The fraction of sp³-hybridized carbons (Fsp3) is 1.00. The highest BCUT2D eigenvalue weighted by molar-refractivity contribution is 4.85. The van der Waals surface area contributed by atoms with Gasteiger partial charge >= 0.3 is 6.18 Å². The van der Waals surface area contributed by atoms with Crippen molar-refractivity contribution in [1.29, 1.82) is 0 Å². The molecule has 1 nitrogen and oxygen atoms in total. The zero-order valence-corrected chi connectivity index (χ0v) is 8.02. The van der Waals surface area contributed by atoms with Crippen LogP contribution >= 0.6 is 0 Å². The Morgan fingerprint density at radius 2 is 1.93 bits per heavy atom. The molecule has 1 saturated carbocycles. The van der Waals surface area contributed by atoms with E-state index in [0.29, 0.717) is 18.8 Å². The van der Waals surface area contributed by atoms with Crippen LogP contribution in [-0.4, -0.2) is 18.9 Å². The zero-order chi connectivity index (χ0) is 10.2. The first-order valence-corrected chi connectivity index (χ1v) is 5.23. The maximum absolute atomic E-state index is 12.2. The van der Waals surface area contributed by atoms with Crippen LogP contribution in [0.2, 0.25) is 0 Å². The summed E-state index contributed by atoms with van der Waals surface area (Å²) in [4.78, 5) is 0. The topological polar surface area (TPSA) is 9.23 Å². The van der Waals surface area contributed by atoms with Gasteiger partial charge in [0.2, 0.25) is 0 Å². The normalized spacial score (nSPS) is 38.4. The van der Waals surface area contributed by atoms with Crippen molar-refractivity contribution in [1.82, 2.24) is 0 Å². The van der Waals surface area contributed by atoms with Gasteiger partial charge in [0.25, 0.3) is 0 Å². The Morgan fingerprint density at radius 1 is 1.14 bits per heavy atom. The predicted octanol–water partition coefficient (Wildman–Crippen LogP) is 3.14. The molecule has 0 bridgehead atoms. The third kappa shape index (κ3) is 2.41. The van der Waals surface area contributed by atoms with Gasteiger partial charge in [-0.3, -0.25) is 0 Å². The molecule has 1 aliphatic heterocycles. The SMILES string of the molecule is FC(F)(F)C[C@@H]1CC[C@@H]2OCC[C@H]2C1. The summed E-state index contributed by atoms with van der Waals surface area (Å²) in [6.45, 7) is 0.744. The molecule has 0 amide bonds. The molecule has 0 aromatic carbocycles. The van der Waals surface area contributed by atoms with Gasteiger partial charge in [-0.15, -0.1) is 0 Å². The van der Waals surface area contributed by atoms with Crippen LogP contribution in [0.5, 0.6) is 0 Å². The third-order valence-electron chi connectivity index (χ3n) is 3.36. The largest absolute Gasteiger partial charge is 0.389 e. The first kappa shape index (κ1) is 10.3. The number of rotatable bonds is 1. The smallest absolute Gasteiger partial charge is 0.378 e. The fourth-order valence-electron chi connectivity index (χ4n) is 2.74. The standard InChI is InChI=1S/C10H15F3O/c11-10(12,13)6-7-1-2-9-8(5-7)3-4-14-9/h7-9H,1-6H2/t7-,8+,9+/m1/s1. The molecule has 3 atom stereocenters. The molecule has 0 N–H and O–H groups in total. The van der Waals surface area contributed by atoms with Crippen molar-refractivity contribution in [2.75, 3.05) is 6.61 Å². The van der Waals surface area contributed by atoms with Crippen molar-refractivity contribution < 1.29 is 17.9 Å². The Kier molecular flexibility index (Phi) is 2.73. The van der Waals surface area contributed by atoms with Gasteiger partial charge in [0.15, 0.2) is 0 Å². The van der Waals surface area contributed by atoms with E-state index in [1.807, 2.05) is 0 Å². The van der Waals surface area contributed by atoms with Crippen LogP contribution in [0.15, 0.2) is 0 Å². The number of halogens is 3. The lowest BCUT2D eigenvalue weighted by atomic mass is 9.78. The molecular weight excluding hydrogens is 193 g/mol. The van der Waals surface area contributed by atoms with Crippen molar-refractivity contribution in [3.8, 4) is 0 Å². The fourth-order valence-corrected chi connectivity index (χ4v) is 2.74. The van der Waals surface area contributed by atoms with Gasteiger partial charge in [0.05, 0.1) is 6.10 Å². The minimum absolute atomic E-state index is 0.155. The van der Waals surface area contributed by atoms with Crippen LogP contribution < -0.4 is 0 Å². The highest BCUT2D eigenvalue weighted by atomic mass is 19.4. The molecule has 14 heavy (non-hydrogen) atoms.